The summed E-state index contributed by atoms with van der Waals surface area (Å²) in [6, 6.07) is 7.70. The smallest absolute Gasteiger partial charge is 0.258 e. The SMILES string of the molecule is Cc1nc(-c2cccc([N+](=O)[O-])c2)c(-c2ccnc(S(C)(=O)=O)n2)s1. The molecule has 2 aromatic heterocycles. The van der Waals surface area contributed by atoms with Gasteiger partial charge in [-0.3, -0.25) is 10.1 Å². The quantitative estimate of drug-likeness (QED) is 0.390. The second-order valence-corrected chi connectivity index (χ2v) is 8.33. The summed E-state index contributed by atoms with van der Waals surface area (Å²) in [4.78, 5) is 23.5. The van der Waals surface area contributed by atoms with Crippen LogP contribution in [0.15, 0.2) is 41.7 Å². The van der Waals surface area contributed by atoms with Gasteiger partial charge in [0.1, 0.15) is 0 Å². The van der Waals surface area contributed by atoms with E-state index < -0.39 is 14.8 Å². The standard InChI is InChI=1S/C15H12N4O4S2/c1-9-17-13(10-4-3-5-11(8-10)19(20)21)14(24-9)12-6-7-16-15(18-12)25(2,22)23/h3-8H,1-2H3. The maximum atomic E-state index is 11.7. The van der Waals surface area contributed by atoms with Gasteiger partial charge < -0.3 is 0 Å². The minimum absolute atomic E-state index is 0.0476. The highest BCUT2D eigenvalue weighted by Gasteiger charge is 2.19. The van der Waals surface area contributed by atoms with Crippen molar-refractivity contribution in [1.82, 2.24) is 15.0 Å². The van der Waals surface area contributed by atoms with Crippen LogP contribution in [0.4, 0.5) is 5.69 Å². The average Bonchev–Trinajstić information content (AvgIpc) is 2.96. The van der Waals surface area contributed by atoms with E-state index in [4.69, 9.17) is 0 Å². The topological polar surface area (TPSA) is 116 Å². The largest absolute Gasteiger partial charge is 0.270 e. The first kappa shape index (κ1) is 17.1. The Labute approximate surface area is 147 Å². The molecule has 128 valence electrons. The van der Waals surface area contributed by atoms with Crippen LogP contribution in [0.3, 0.4) is 0 Å². The predicted molar refractivity (Wildman–Crippen MR) is 93.1 cm³/mol. The van der Waals surface area contributed by atoms with Crippen molar-refractivity contribution in [2.75, 3.05) is 6.26 Å². The van der Waals surface area contributed by atoms with Gasteiger partial charge in [-0.1, -0.05) is 12.1 Å². The van der Waals surface area contributed by atoms with Crippen LogP contribution in [0, 0.1) is 17.0 Å². The number of aromatic nitrogens is 3. The Morgan fingerprint density at radius 3 is 2.64 bits per heavy atom. The van der Waals surface area contributed by atoms with E-state index >= 15 is 0 Å². The summed E-state index contributed by atoms with van der Waals surface area (Å²) in [5.41, 5.74) is 1.44. The molecule has 0 fully saturated rings. The maximum Gasteiger partial charge on any atom is 0.270 e. The molecule has 8 nitrogen and oxygen atoms in total. The molecule has 0 atom stereocenters. The lowest BCUT2D eigenvalue weighted by Crippen LogP contribution is -2.04. The molecule has 0 saturated heterocycles. The Morgan fingerprint density at radius 2 is 1.96 bits per heavy atom. The van der Waals surface area contributed by atoms with Crippen LogP contribution in [0.5, 0.6) is 0 Å². The average molecular weight is 376 g/mol. The molecule has 0 aliphatic rings. The van der Waals surface area contributed by atoms with Gasteiger partial charge in [-0.05, 0) is 13.0 Å². The molecule has 0 N–H and O–H groups in total. The number of nitrogens with zero attached hydrogens (tertiary/aromatic N) is 4. The number of aryl methyl sites for hydroxylation is 1. The first-order chi connectivity index (χ1) is 11.8. The number of hydrogen-bond donors (Lipinski definition) is 0. The molecule has 0 radical (unpaired) electrons. The molecule has 0 spiro atoms. The van der Waals surface area contributed by atoms with E-state index in [0.29, 0.717) is 21.8 Å². The molecule has 0 amide bonds. The highest BCUT2D eigenvalue weighted by atomic mass is 32.2. The molecular formula is C15H12N4O4S2. The van der Waals surface area contributed by atoms with Gasteiger partial charge in [0.05, 0.1) is 26.2 Å². The van der Waals surface area contributed by atoms with Crippen LogP contribution in [0.1, 0.15) is 5.01 Å². The number of hydrogen-bond acceptors (Lipinski definition) is 8. The molecule has 0 saturated carbocycles. The number of sulfone groups is 1. The Morgan fingerprint density at radius 1 is 1.20 bits per heavy atom. The van der Waals surface area contributed by atoms with Crippen molar-refractivity contribution in [2.24, 2.45) is 0 Å². The Balaban J connectivity index is 2.18. The number of nitro groups is 1. The predicted octanol–water partition coefficient (Wildman–Crippen LogP) is 2.89. The molecule has 0 unspecified atom stereocenters. The number of thiazole rings is 1. The second kappa shape index (κ2) is 6.30. The van der Waals surface area contributed by atoms with Crippen molar-refractivity contribution in [3.8, 4) is 21.8 Å². The van der Waals surface area contributed by atoms with Crippen LogP contribution in [-0.4, -0.2) is 34.5 Å². The van der Waals surface area contributed by atoms with E-state index in [-0.39, 0.29) is 10.8 Å². The lowest BCUT2D eigenvalue weighted by Gasteiger charge is -2.04. The lowest BCUT2D eigenvalue weighted by atomic mass is 10.1. The van der Waals surface area contributed by atoms with Crippen molar-refractivity contribution >= 4 is 26.9 Å². The van der Waals surface area contributed by atoms with Gasteiger partial charge in [0.15, 0.2) is 0 Å². The van der Waals surface area contributed by atoms with Crippen molar-refractivity contribution < 1.29 is 13.3 Å². The molecule has 0 aliphatic heterocycles. The Bertz CT molecular complexity index is 1080. The molecule has 0 bridgehead atoms. The molecule has 1 aromatic carbocycles. The van der Waals surface area contributed by atoms with Crippen molar-refractivity contribution in [2.45, 2.75) is 12.1 Å². The monoisotopic (exact) mass is 376 g/mol. The zero-order valence-electron chi connectivity index (χ0n) is 13.2. The zero-order chi connectivity index (χ0) is 18.2. The van der Waals surface area contributed by atoms with Gasteiger partial charge in [0.2, 0.25) is 15.0 Å². The zero-order valence-corrected chi connectivity index (χ0v) is 14.8. The van der Waals surface area contributed by atoms with Crippen LogP contribution in [0.2, 0.25) is 0 Å². The van der Waals surface area contributed by atoms with Crippen molar-refractivity contribution in [3.05, 3.63) is 51.7 Å². The summed E-state index contributed by atoms with van der Waals surface area (Å²) in [7, 11) is -3.55. The van der Waals surface area contributed by atoms with Gasteiger partial charge in [0, 0.05) is 30.1 Å². The molecule has 25 heavy (non-hydrogen) atoms. The van der Waals surface area contributed by atoms with E-state index in [1.54, 1.807) is 25.1 Å². The van der Waals surface area contributed by atoms with Gasteiger partial charge in [-0.25, -0.2) is 23.4 Å². The molecule has 3 rings (SSSR count). The van der Waals surface area contributed by atoms with Crippen molar-refractivity contribution in [1.29, 1.82) is 0 Å². The Hall–Kier alpha value is -2.72. The third-order valence-electron chi connectivity index (χ3n) is 3.26. The lowest BCUT2D eigenvalue weighted by molar-refractivity contribution is -0.384. The number of non-ortho nitro benzene ring substituents is 1. The van der Waals surface area contributed by atoms with Gasteiger partial charge in [-0.15, -0.1) is 11.3 Å². The van der Waals surface area contributed by atoms with E-state index in [9.17, 15) is 18.5 Å². The molecule has 2 heterocycles. The van der Waals surface area contributed by atoms with E-state index in [1.807, 2.05) is 0 Å². The van der Waals surface area contributed by atoms with Gasteiger partial charge in [-0.2, -0.15) is 0 Å². The van der Waals surface area contributed by atoms with E-state index in [0.717, 1.165) is 11.3 Å². The minimum Gasteiger partial charge on any atom is -0.258 e. The van der Waals surface area contributed by atoms with Gasteiger partial charge in [0.25, 0.3) is 5.69 Å². The normalized spacial score (nSPS) is 11.4. The van der Waals surface area contributed by atoms with Crippen LogP contribution in [0.25, 0.3) is 21.8 Å². The Kier molecular flexibility index (Phi) is 4.31. The van der Waals surface area contributed by atoms with Crippen LogP contribution in [-0.2, 0) is 9.84 Å². The summed E-state index contributed by atoms with van der Waals surface area (Å²) in [5, 5.41) is 11.5. The number of rotatable bonds is 4. The second-order valence-electron chi connectivity index (χ2n) is 5.21. The first-order valence-corrected chi connectivity index (χ1v) is 9.72. The summed E-state index contributed by atoms with van der Waals surface area (Å²) >= 11 is 1.33. The van der Waals surface area contributed by atoms with E-state index in [1.165, 1.54) is 29.7 Å². The number of nitro benzene ring substituents is 1. The van der Waals surface area contributed by atoms with Crippen LogP contribution < -0.4 is 0 Å². The van der Waals surface area contributed by atoms with Crippen molar-refractivity contribution in [3.63, 3.8) is 0 Å². The summed E-state index contributed by atoms with van der Waals surface area (Å²) < 4.78 is 23.4. The number of benzene rings is 1. The fraction of sp³-hybridized carbons (Fsp3) is 0.133. The van der Waals surface area contributed by atoms with Crippen LogP contribution >= 0.6 is 11.3 Å². The fourth-order valence-electron chi connectivity index (χ4n) is 2.21. The van der Waals surface area contributed by atoms with Gasteiger partial charge >= 0.3 is 0 Å². The first-order valence-electron chi connectivity index (χ1n) is 7.01. The highest BCUT2D eigenvalue weighted by Crippen LogP contribution is 2.36. The fourth-order valence-corrected chi connectivity index (χ4v) is 3.64. The molecule has 3 aromatic rings. The molecular weight excluding hydrogens is 364 g/mol. The summed E-state index contributed by atoms with van der Waals surface area (Å²) in [5.74, 6) is 0. The summed E-state index contributed by atoms with van der Waals surface area (Å²) in [6.07, 6.45) is 2.40. The third-order valence-corrected chi connectivity index (χ3v) is 5.12. The molecule has 0 aliphatic carbocycles. The highest BCUT2D eigenvalue weighted by molar-refractivity contribution is 7.90. The maximum absolute atomic E-state index is 11.7. The molecule has 10 heteroatoms. The minimum atomic E-state index is -3.55. The third kappa shape index (κ3) is 3.54. The summed E-state index contributed by atoms with van der Waals surface area (Å²) in [6.45, 7) is 1.80. The van der Waals surface area contributed by atoms with E-state index in [2.05, 4.69) is 15.0 Å².